The van der Waals surface area contributed by atoms with Crippen LogP contribution in [0.15, 0.2) is 84.9 Å². The van der Waals surface area contributed by atoms with E-state index in [4.69, 9.17) is 20.4 Å². The molecular formula is C36H20B2O7. The van der Waals surface area contributed by atoms with Gasteiger partial charge in [0.25, 0.3) is 0 Å². The van der Waals surface area contributed by atoms with Gasteiger partial charge in [-0.25, -0.2) is 0 Å². The van der Waals surface area contributed by atoms with Crippen molar-refractivity contribution in [3.8, 4) is 79.4 Å². The Kier molecular flexibility index (Phi) is 5.49. The first-order valence-corrected chi connectivity index (χ1v) is 14.0. The molecule has 0 atom stereocenters. The zero-order chi connectivity index (χ0) is 31.3. The van der Waals surface area contributed by atoms with Crippen LogP contribution < -0.4 is 15.7 Å². The zero-order valence-electron chi connectivity index (χ0n) is 23.3. The van der Waals surface area contributed by atoms with Crippen LogP contribution in [0.3, 0.4) is 0 Å². The van der Waals surface area contributed by atoms with Crippen LogP contribution in [0.1, 0.15) is 0 Å². The monoisotopic (exact) mass is 586 g/mol. The molecule has 7 nitrogen and oxygen atoms in total. The van der Waals surface area contributed by atoms with Crippen molar-refractivity contribution >= 4 is 58.9 Å². The number of benzene rings is 7. The van der Waals surface area contributed by atoms with E-state index in [0.29, 0.717) is 28.0 Å². The normalized spacial score (nSPS) is 12.0. The van der Waals surface area contributed by atoms with E-state index in [-0.39, 0.29) is 43.6 Å². The summed E-state index contributed by atoms with van der Waals surface area (Å²) >= 11 is 0. The largest absolute Gasteiger partial charge is 0.508 e. The third-order valence-electron chi connectivity index (χ3n) is 8.65. The standard InChI is InChI=1S/C36H20B2O7/c37-29-30(38)32(40)27-24(19-13-14-21-23-17(10-6-11-18(19)23)16-9-4-5-12-20(16)45-21)28-26(33(41)35(43)36(44)34(28)42)22(25(27)31(29)39)15-7-2-1-3-8-15/h1-14,39-44H. The average Bonchev–Trinajstić information content (AvgIpc) is 3.07. The molecule has 1 aliphatic rings. The smallest absolute Gasteiger partial charge is 0.204 e. The molecule has 0 bridgehead atoms. The zero-order valence-corrected chi connectivity index (χ0v) is 23.3. The maximum Gasteiger partial charge on any atom is 0.204 e. The molecule has 9 heteroatoms. The number of fused-ring (bicyclic) bond motifs is 4. The highest BCUT2D eigenvalue weighted by Crippen LogP contribution is 2.59. The summed E-state index contributed by atoms with van der Waals surface area (Å²) in [6.07, 6.45) is 0. The first-order chi connectivity index (χ1) is 21.7. The molecular weight excluding hydrogens is 566 g/mol. The fourth-order valence-electron chi connectivity index (χ4n) is 6.64. The van der Waals surface area contributed by atoms with Crippen molar-refractivity contribution in [3.05, 3.63) is 84.9 Å². The van der Waals surface area contributed by atoms with Gasteiger partial charge in [-0.05, 0) is 40.3 Å². The van der Waals surface area contributed by atoms with Gasteiger partial charge in [-0.15, -0.1) is 0 Å². The molecule has 0 spiro atoms. The lowest BCUT2D eigenvalue weighted by molar-refractivity contribution is 0.351. The highest BCUT2D eigenvalue weighted by atomic mass is 16.5. The Morgan fingerprint density at radius 3 is 1.64 bits per heavy atom. The van der Waals surface area contributed by atoms with Gasteiger partial charge in [-0.3, -0.25) is 0 Å². The molecule has 0 saturated heterocycles. The average molecular weight is 586 g/mol. The van der Waals surface area contributed by atoms with Crippen LogP contribution >= 0.6 is 0 Å². The lowest BCUT2D eigenvalue weighted by Gasteiger charge is -2.26. The van der Waals surface area contributed by atoms with Gasteiger partial charge in [0.2, 0.25) is 11.5 Å². The molecule has 0 fully saturated rings. The summed E-state index contributed by atoms with van der Waals surface area (Å²) in [7, 11) is 12.4. The van der Waals surface area contributed by atoms with Crippen molar-refractivity contribution in [1.29, 1.82) is 0 Å². The lowest BCUT2D eigenvalue weighted by Crippen LogP contribution is -2.26. The van der Waals surface area contributed by atoms with Gasteiger partial charge in [-0.2, -0.15) is 0 Å². The van der Waals surface area contributed by atoms with Gasteiger partial charge >= 0.3 is 0 Å². The van der Waals surface area contributed by atoms with Crippen LogP contribution in [-0.4, -0.2) is 46.3 Å². The number of aromatic hydroxyl groups is 6. The van der Waals surface area contributed by atoms with Gasteiger partial charge in [-0.1, -0.05) is 77.7 Å². The van der Waals surface area contributed by atoms with Crippen molar-refractivity contribution in [2.24, 2.45) is 0 Å². The molecule has 1 heterocycles. The van der Waals surface area contributed by atoms with E-state index in [1.54, 1.807) is 42.5 Å². The van der Waals surface area contributed by atoms with Crippen molar-refractivity contribution in [3.63, 3.8) is 0 Å². The van der Waals surface area contributed by atoms with E-state index in [2.05, 4.69) is 0 Å². The van der Waals surface area contributed by atoms with Gasteiger partial charge in [0.1, 0.15) is 38.7 Å². The number of para-hydroxylation sites is 1. The molecule has 45 heavy (non-hydrogen) atoms. The van der Waals surface area contributed by atoms with E-state index in [1.807, 2.05) is 42.5 Å². The number of rotatable bonds is 2. The van der Waals surface area contributed by atoms with Crippen LogP contribution in [0, 0.1) is 0 Å². The number of hydrogen-bond acceptors (Lipinski definition) is 7. The third kappa shape index (κ3) is 3.43. The summed E-state index contributed by atoms with van der Waals surface area (Å²) < 4.78 is 6.26. The van der Waals surface area contributed by atoms with Gasteiger partial charge < -0.3 is 35.4 Å². The summed E-state index contributed by atoms with van der Waals surface area (Å²) in [5.41, 5.74) is 2.28. The number of phenols is 6. The van der Waals surface area contributed by atoms with E-state index in [9.17, 15) is 30.6 Å². The van der Waals surface area contributed by atoms with Gasteiger partial charge in [0, 0.05) is 43.6 Å². The van der Waals surface area contributed by atoms with Crippen LogP contribution in [0.4, 0.5) is 0 Å². The Balaban J connectivity index is 1.68. The molecule has 7 aromatic carbocycles. The molecule has 212 valence electrons. The Bertz CT molecular complexity index is 2360. The summed E-state index contributed by atoms with van der Waals surface area (Å²) in [5, 5.41) is 69.0. The lowest BCUT2D eigenvalue weighted by atomic mass is 9.74. The van der Waals surface area contributed by atoms with Crippen LogP contribution in [0.5, 0.6) is 46.0 Å². The Labute approximate surface area is 258 Å². The predicted molar refractivity (Wildman–Crippen MR) is 176 cm³/mol. The van der Waals surface area contributed by atoms with Gasteiger partial charge in [0.05, 0.1) is 0 Å². The molecule has 8 rings (SSSR count). The summed E-state index contributed by atoms with van der Waals surface area (Å²) in [6.45, 7) is 0. The minimum absolute atomic E-state index is 0.00294. The molecule has 0 saturated carbocycles. The van der Waals surface area contributed by atoms with E-state index >= 15 is 0 Å². The van der Waals surface area contributed by atoms with Crippen molar-refractivity contribution in [1.82, 2.24) is 0 Å². The van der Waals surface area contributed by atoms with Gasteiger partial charge in [0.15, 0.2) is 11.5 Å². The van der Waals surface area contributed by atoms with E-state index in [1.165, 1.54) is 0 Å². The van der Waals surface area contributed by atoms with Crippen LogP contribution in [0.2, 0.25) is 0 Å². The van der Waals surface area contributed by atoms with Crippen molar-refractivity contribution in [2.75, 3.05) is 0 Å². The Hall–Kier alpha value is -5.95. The fourth-order valence-corrected chi connectivity index (χ4v) is 6.64. The maximum absolute atomic E-state index is 11.7. The molecule has 0 aromatic heterocycles. The topological polar surface area (TPSA) is 131 Å². The number of hydrogen-bond donors (Lipinski definition) is 6. The van der Waals surface area contributed by atoms with Crippen LogP contribution in [-0.2, 0) is 0 Å². The summed E-state index contributed by atoms with van der Waals surface area (Å²) in [6, 6.07) is 25.3. The first-order valence-electron chi connectivity index (χ1n) is 14.0. The molecule has 7 aromatic rings. The minimum Gasteiger partial charge on any atom is -0.508 e. The SMILES string of the molecule is [B]c1c([B])c(O)c2c(-c3ccc4c5c(cccc35)-c3ccccc3O4)c3c(O)c(O)c(O)c(O)c3c(-c3ccccc3)c2c1O. The third-order valence-corrected chi connectivity index (χ3v) is 8.65. The molecule has 0 amide bonds. The number of phenolic OH excluding ortho intramolecular Hbond substituents is 6. The second-order valence-corrected chi connectivity index (χ2v) is 11.0. The van der Waals surface area contributed by atoms with E-state index in [0.717, 1.165) is 16.5 Å². The maximum atomic E-state index is 11.7. The molecule has 0 unspecified atom stereocenters. The summed E-state index contributed by atoms with van der Waals surface area (Å²) in [5.74, 6) is -3.15. The minimum atomic E-state index is -0.966. The first kappa shape index (κ1) is 26.7. The highest BCUT2D eigenvalue weighted by molar-refractivity contribution is 6.54. The second-order valence-electron chi connectivity index (χ2n) is 11.0. The molecule has 6 N–H and O–H groups in total. The highest BCUT2D eigenvalue weighted by Gasteiger charge is 2.32. The fraction of sp³-hybridized carbons (Fsp3) is 0. The predicted octanol–water partition coefficient (Wildman–Crippen LogP) is 6.07. The quantitative estimate of drug-likeness (QED) is 0.0628. The second kappa shape index (κ2) is 9.27. The summed E-state index contributed by atoms with van der Waals surface area (Å²) in [4.78, 5) is 0. The van der Waals surface area contributed by atoms with Crippen LogP contribution in [0.25, 0.3) is 65.7 Å². The molecule has 1 aliphatic heterocycles. The van der Waals surface area contributed by atoms with E-state index < -0.39 is 34.5 Å². The van der Waals surface area contributed by atoms with Crippen molar-refractivity contribution < 1.29 is 35.4 Å². The van der Waals surface area contributed by atoms with Crippen molar-refractivity contribution in [2.45, 2.75) is 0 Å². The Morgan fingerprint density at radius 1 is 0.400 bits per heavy atom. The molecule has 4 radical (unpaired) electrons. The molecule has 0 aliphatic carbocycles. The number of ether oxygens (including phenoxy) is 1. The Morgan fingerprint density at radius 2 is 0.956 bits per heavy atom.